The Kier molecular flexibility index (Phi) is 5.29. The molecule has 0 unspecified atom stereocenters. The predicted molar refractivity (Wildman–Crippen MR) is 73.7 cm³/mol. The second kappa shape index (κ2) is 6.98. The normalized spacial score (nSPS) is 23.1. The Morgan fingerprint density at radius 1 is 1.11 bits per heavy atom. The van der Waals surface area contributed by atoms with E-state index in [2.05, 4.69) is 17.1 Å². The Morgan fingerprint density at radius 2 is 1.78 bits per heavy atom. The van der Waals surface area contributed by atoms with Gasteiger partial charge in [-0.1, -0.05) is 13.3 Å². The molecule has 4 heteroatoms. The van der Waals surface area contributed by atoms with Crippen molar-refractivity contribution < 1.29 is 4.79 Å². The van der Waals surface area contributed by atoms with Crippen LogP contribution < -0.4 is 5.32 Å². The molecule has 2 heterocycles. The van der Waals surface area contributed by atoms with Crippen LogP contribution in [0, 0.1) is 5.92 Å². The lowest BCUT2D eigenvalue weighted by atomic mass is 10.00. The van der Waals surface area contributed by atoms with Gasteiger partial charge in [0.25, 0.3) is 0 Å². The van der Waals surface area contributed by atoms with E-state index in [0.717, 1.165) is 44.9 Å². The van der Waals surface area contributed by atoms with Crippen molar-refractivity contribution in [2.75, 3.05) is 39.3 Å². The lowest BCUT2D eigenvalue weighted by Gasteiger charge is -2.31. The molecule has 2 saturated heterocycles. The van der Waals surface area contributed by atoms with E-state index in [1.165, 1.54) is 32.4 Å². The second-order valence-electron chi connectivity index (χ2n) is 5.80. The topological polar surface area (TPSA) is 35.6 Å². The molecule has 0 aromatic carbocycles. The van der Waals surface area contributed by atoms with Gasteiger partial charge in [0, 0.05) is 26.2 Å². The Balaban J connectivity index is 1.59. The summed E-state index contributed by atoms with van der Waals surface area (Å²) < 4.78 is 0. The summed E-state index contributed by atoms with van der Waals surface area (Å²) in [6, 6.07) is 0.138. The predicted octanol–water partition coefficient (Wildman–Crippen LogP) is 1.91. The van der Waals surface area contributed by atoms with Crippen LogP contribution in [0.25, 0.3) is 0 Å². The zero-order valence-corrected chi connectivity index (χ0v) is 11.7. The number of rotatable bonds is 3. The van der Waals surface area contributed by atoms with Crippen LogP contribution in [0.15, 0.2) is 0 Å². The molecule has 0 bridgehead atoms. The number of hydrogen-bond donors (Lipinski definition) is 1. The highest BCUT2D eigenvalue weighted by atomic mass is 16.2. The Bertz CT molecular complexity index is 256. The minimum absolute atomic E-state index is 0.138. The molecule has 2 aliphatic rings. The van der Waals surface area contributed by atoms with Gasteiger partial charge in [-0.05, 0) is 44.7 Å². The summed E-state index contributed by atoms with van der Waals surface area (Å²) in [5.74, 6) is 0.780. The van der Waals surface area contributed by atoms with Gasteiger partial charge in [-0.2, -0.15) is 0 Å². The number of urea groups is 1. The number of carbonyl (C=O) groups excluding carboxylic acids is 1. The molecule has 0 aliphatic carbocycles. The third-order valence-corrected chi connectivity index (χ3v) is 4.22. The summed E-state index contributed by atoms with van der Waals surface area (Å²) in [5.41, 5.74) is 0. The fourth-order valence-electron chi connectivity index (χ4n) is 2.83. The first-order chi connectivity index (χ1) is 8.75. The Morgan fingerprint density at radius 3 is 2.44 bits per heavy atom. The van der Waals surface area contributed by atoms with E-state index in [1.807, 2.05) is 4.90 Å². The lowest BCUT2D eigenvalue weighted by molar-refractivity contribution is 0.170. The van der Waals surface area contributed by atoms with Gasteiger partial charge in [0.05, 0.1) is 0 Å². The van der Waals surface area contributed by atoms with Crippen LogP contribution in [-0.2, 0) is 0 Å². The Labute approximate surface area is 111 Å². The average molecular weight is 253 g/mol. The molecule has 2 amide bonds. The third kappa shape index (κ3) is 4.16. The average Bonchev–Trinajstić information content (AvgIpc) is 2.40. The quantitative estimate of drug-likeness (QED) is 0.834. The number of likely N-dealkylation sites (tertiary alicyclic amines) is 2. The number of piperidine rings is 2. The summed E-state index contributed by atoms with van der Waals surface area (Å²) in [7, 11) is 0. The molecule has 0 atom stereocenters. The summed E-state index contributed by atoms with van der Waals surface area (Å²) in [4.78, 5) is 16.4. The lowest BCUT2D eigenvalue weighted by Crippen LogP contribution is -2.46. The number of amides is 2. The van der Waals surface area contributed by atoms with Crippen LogP contribution in [0.2, 0.25) is 0 Å². The van der Waals surface area contributed by atoms with Crippen molar-refractivity contribution >= 4 is 6.03 Å². The van der Waals surface area contributed by atoms with E-state index < -0.39 is 0 Å². The first-order valence-corrected chi connectivity index (χ1v) is 7.51. The van der Waals surface area contributed by atoms with Crippen LogP contribution in [0.1, 0.15) is 39.0 Å². The van der Waals surface area contributed by atoms with E-state index >= 15 is 0 Å². The minimum Gasteiger partial charge on any atom is -0.337 e. The molecule has 0 saturated carbocycles. The largest absolute Gasteiger partial charge is 0.337 e. The van der Waals surface area contributed by atoms with Crippen LogP contribution in [-0.4, -0.2) is 55.1 Å². The Hall–Kier alpha value is -0.770. The van der Waals surface area contributed by atoms with Crippen molar-refractivity contribution in [3.63, 3.8) is 0 Å². The molecular formula is C14H27N3O. The molecular weight excluding hydrogens is 226 g/mol. The minimum atomic E-state index is 0.138. The van der Waals surface area contributed by atoms with Gasteiger partial charge in [-0.3, -0.25) is 0 Å². The number of hydrogen-bond acceptors (Lipinski definition) is 2. The summed E-state index contributed by atoms with van der Waals surface area (Å²) in [5, 5.41) is 3.06. The highest BCUT2D eigenvalue weighted by Crippen LogP contribution is 2.15. The summed E-state index contributed by atoms with van der Waals surface area (Å²) >= 11 is 0. The van der Waals surface area contributed by atoms with Crippen LogP contribution >= 0.6 is 0 Å². The molecule has 2 rings (SSSR count). The second-order valence-corrected chi connectivity index (χ2v) is 5.80. The zero-order chi connectivity index (χ0) is 12.8. The van der Waals surface area contributed by atoms with Crippen LogP contribution in [0.4, 0.5) is 4.79 Å². The standard InChI is InChI=1S/C14H27N3O/c1-13-5-10-17(11-6-13)14(18)15-7-12-16-8-3-2-4-9-16/h13H,2-12H2,1H3,(H,15,18). The first kappa shape index (κ1) is 13.7. The van der Waals surface area contributed by atoms with Gasteiger partial charge in [0.15, 0.2) is 0 Å². The van der Waals surface area contributed by atoms with Gasteiger partial charge in [0.1, 0.15) is 0 Å². The molecule has 0 radical (unpaired) electrons. The van der Waals surface area contributed by atoms with Crippen LogP contribution in [0.3, 0.4) is 0 Å². The molecule has 104 valence electrons. The van der Waals surface area contributed by atoms with Crippen molar-refractivity contribution in [1.82, 2.24) is 15.1 Å². The highest BCUT2D eigenvalue weighted by Gasteiger charge is 2.20. The van der Waals surface area contributed by atoms with Gasteiger partial charge in [0.2, 0.25) is 0 Å². The highest BCUT2D eigenvalue weighted by molar-refractivity contribution is 5.74. The van der Waals surface area contributed by atoms with E-state index in [4.69, 9.17) is 0 Å². The van der Waals surface area contributed by atoms with Crippen molar-refractivity contribution in [2.45, 2.75) is 39.0 Å². The van der Waals surface area contributed by atoms with Crippen molar-refractivity contribution in [1.29, 1.82) is 0 Å². The van der Waals surface area contributed by atoms with Crippen molar-refractivity contribution in [3.8, 4) is 0 Å². The maximum Gasteiger partial charge on any atom is 0.317 e. The van der Waals surface area contributed by atoms with Crippen molar-refractivity contribution in [3.05, 3.63) is 0 Å². The fourth-order valence-corrected chi connectivity index (χ4v) is 2.83. The van der Waals surface area contributed by atoms with Gasteiger partial charge in [-0.25, -0.2) is 4.79 Å². The molecule has 18 heavy (non-hydrogen) atoms. The number of nitrogens with one attached hydrogen (secondary N) is 1. The maximum absolute atomic E-state index is 11.9. The maximum atomic E-state index is 11.9. The number of nitrogens with zero attached hydrogens (tertiary/aromatic N) is 2. The molecule has 2 fully saturated rings. The van der Waals surface area contributed by atoms with E-state index in [0.29, 0.717) is 0 Å². The molecule has 4 nitrogen and oxygen atoms in total. The SMILES string of the molecule is CC1CCN(C(=O)NCCN2CCCCC2)CC1. The smallest absolute Gasteiger partial charge is 0.317 e. The molecule has 2 aliphatic heterocycles. The van der Waals surface area contributed by atoms with E-state index in [1.54, 1.807) is 0 Å². The fraction of sp³-hybridized carbons (Fsp3) is 0.929. The number of carbonyl (C=O) groups is 1. The van der Waals surface area contributed by atoms with Gasteiger partial charge in [-0.15, -0.1) is 0 Å². The van der Waals surface area contributed by atoms with Crippen molar-refractivity contribution in [2.24, 2.45) is 5.92 Å². The molecule has 0 aromatic heterocycles. The van der Waals surface area contributed by atoms with Gasteiger partial charge < -0.3 is 15.1 Å². The summed E-state index contributed by atoms with van der Waals surface area (Å²) in [6.45, 7) is 8.34. The molecule has 1 N–H and O–H groups in total. The van der Waals surface area contributed by atoms with Gasteiger partial charge >= 0.3 is 6.03 Å². The van der Waals surface area contributed by atoms with E-state index in [9.17, 15) is 4.79 Å². The molecule has 0 aromatic rings. The third-order valence-electron chi connectivity index (χ3n) is 4.22. The first-order valence-electron chi connectivity index (χ1n) is 7.51. The zero-order valence-electron chi connectivity index (χ0n) is 11.7. The monoisotopic (exact) mass is 253 g/mol. The van der Waals surface area contributed by atoms with E-state index in [-0.39, 0.29) is 6.03 Å². The summed E-state index contributed by atoms with van der Waals surface area (Å²) in [6.07, 6.45) is 6.31. The molecule has 0 spiro atoms. The van der Waals surface area contributed by atoms with Crippen LogP contribution in [0.5, 0.6) is 0 Å².